The predicted octanol–water partition coefficient (Wildman–Crippen LogP) is 4.54. The Morgan fingerprint density at radius 3 is 2.73 bits per heavy atom. The quantitative estimate of drug-likeness (QED) is 0.368. The number of nitrogens with zero attached hydrogens (tertiary/aromatic N) is 2. The van der Waals surface area contributed by atoms with Gasteiger partial charge in [-0.15, -0.1) is 16.3 Å². The molecule has 2 heterocycles. The molecular weight excluding hydrogens is 398 g/mol. The maximum atomic E-state index is 12.3. The normalized spacial score (nSPS) is 11.2. The summed E-state index contributed by atoms with van der Waals surface area (Å²) >= 11 is 1.50. The van der Waals surface area contributed by atoms with Gasteiger partial charge in [-0.1, -0.05) is 42.5 Å². The van der Waals surface area contributed by atoms with E-state index in [1.165, 1.54) is 28.5 Å². The van der Waals surface area contributed by atoms with Crippen molar-refractivity contribution in [1.29, 1.82) is 0 Å². The molecule has 0 spiro atoms. The molecule has 4 rings (SSSR count). The van der Waals surface area contributed by atoms with Crippen LogP contribution in [-0.4, -0.2) is 15.5 Å². The second-order valence-electron chi connectivity index (χ2n) is 6.60. The van der Waals surface area contributed by atoms with Crippen molar-refractivity contribution in [1.82, 2.24) is 9.56 Å². The number of carbonyl (C=O) groups excluding carboxylic acids is 1. The molecule has 0 atom stereocenters. The zero-order chi connectivity index (χ0) is 20.9. The van der Waals surface area contributed by atoms with Crippen LogP contribution in [0.5, 0.6) is 0 Å². The van der Waals surface area contributed by atoms with Crippen LogP contribution in [0, 0.1) is 6.92 Å². The molecule has 1 N–H and O–H groups in total. The summed E-state index contributed by atoms with van der Waals surface area (Å²) in [6.07, 6.45) is 3.28. The molecule has 0 unspecified atom stereocenters. The summed E-state index contributed by atoms with van der Waals surface area (Å²) in [5.74, 6) is 0.905. The highest BCUT2D eigenvalue weighted by Crippen LogP contribution is 2.29. The number of hydrogen-bond donors (Lipinski definition) is 1. The summed E-state index contributed by atoms with van der Waals surface area (Å²) in [5.41, 5.74) is 2.55. The molecule has 0 radical (unpaired) electrons. The summed E-state index contributed by atoms with van der Waals surface area (Å²) in [6, 6.07) is 20.4. The molecule has 0 bridgehead atoms. The molecule has 2 aromatic carbocycles. The third-order valence-electron chi connectivity index (χ3n) is 4.27. The number of hydrogen-bond acceptors (Lipinski definition) is 5. The zero-order valence-electron chi connectivity index (χ0n) is 16.2. The lowest BCUT2D eigenvalue weighted by Crippen LogP contribution is -2.13. The van der Waals surface area contributed by atoms with E-state index in [-0.39, 0.29) is 11.5 Å². The smallest absolute Gasteiger partial charge is 0.287 e. The van der Waals surface area contributed by atoms with Gasteiger partial charge >= 0.3 is 0 Å². The number of aryl methyl sites for hydroxylation is 1. The zero-order valence-corrected chi connectivity index (χ0v) is 17.1. The lowest BCUT2D eigenvalue weighted by atomic mass is 10.2. The highest BCUT2D eigenvalue weighted by molar-refractivity contribution is 7.98. The van der Waals surface area contributed by atoms with Crippen molar-refractivity contribution in [3.63, 3.8) is 0 Å². The van der Waals surface area contributed by atoms with Crippen molar-refractivity contribution in [2.45, 2.75) is 17.6 Å². The lowest BCUT2D eigenvalue weighted by Gasteiger charge is -2.09. The number of benzene rings is 2. The Balaban J connectivity index is 1.46. The van der Waals surface area contributed by atoms with Gasteiger partial charge in [0.15, 0.2) is 5.65 Å². The Bertz CT molecular complexity index is 1280. The molecule has 0 saturated carbocycles. The number of thioether (sulfide) groups is 1. The van der Waals surface area contributed by atoms with Gasteiger partial charge < -0.3 is 9.84 Å². The molecule has 150 valence electrons. The standard InChI is InChI=1S/C23H19N3O3S/c1-16-13-21-24-18(14-23(28)26(21)29-16)15-30-20-10-6-5-9-19(20)25-22(27)12-11-17-7-3-2-4-8-17/h2-14H,15H2,1H3,(H,25,27)/b12-11+. The van der Waals surface area contributed by atoms with Crippen molar-refractivity contribution in [3.05, 3.63) is 100 Å². The van der Waals surface area contributed by atoms with Gasteiger partial charge in [-0.05, 0) is 30.7 Å². The van der Waals surface area contributed by atoms with Crippen LogP contribution in [0.25, 0.3) is 11.7 Å². The van der Waals surface area contributed by atoms with E-state index in [4.69, 9.17) is 4.52 Å². The highest BCUT2D eigenvalue weighted by Gasteiger charge is 2.09. The third kappa shape index (κ3) is 4.69. The van der Waals surface area contributed by atoms with Gasteiger partial charge in [0.1, 0.15) is 5.76 Å². The van der Waals surface area contributed by atoms with E-state index in [1.807, 2.05) is 54.6 Å². The number of rotatable bonds is 6. The molecule has 0 aliphatic rings. The molecule has 0 saturated heterocycles. The van der Waals surface area contributed by atoms with Crippen molar-refractivity contribution >= 4 is 35.1 Å². The fourth-order valence-corrected chi connectivity index (χ4v) is 3.81. The largest absolute Gasteiger partial charge is 0.375 e. The van der Waals surface area contributed by atoms with Gasteiger partial charge in [0.25, 0.3) is 5.56 Å². The van der Waals surface area contributed by atoms with Crippen LogP contribution in [0.2, 0.25) is 0 Å². The first-order valence-corrected chi connectivity index (χ1v) is 10.3. The maximum Gasteiger partial charge on any atom is 0.287 e. The van der Waals surface area contributed by atoms with E-state index in [0.717, 1.165) is 10.5 Å². The van der Waals surface area contributed by atoms with E-state index in [0.29, 0.717) is 28.5 Å². The molecule has 0 aliphatic carbocycles. The number of anilines is 1. The van der Waals surface area contributed by atoms with Crippen LogP contribution in [0.1, 0.15) is 17.0 Å². The Morgan fingerprint density at radius 1 is 1.13 bits per heavy atom. The first kappa shape index (κ1) is 19.7. The average Bonchev–Trinajstić information content (AvgIpc) is 3.13. The monoisotopic (exact) mass is 417 g/mol. The summed E-state index contributed by atoms with van der Waals surface area (Å²) in [4.78, 5) is 29.9. The van der Waals surface area contributed by atoms with Gasteiger partial charge in [0, 0.05) is 28.9 Å². The van der Waals surface area contributed by atoms with Crippen molar-refractivity contribution in [2.24, 2.45) is 0 Å². The second kappa shape index (κ2) is 8.84. The SMILES string of the molecule is Cc1cc2nc(CSc3ccccc3NC(=O)/C=C/c3ccccc3)cc(=O)n2o1. The van der Waals surface area contributed by atoms with E-state index in [2.05, 4.69) is 10.3 Å². The van der Waals surface area contributed by atoms with E-state index < -0.39 is 0 Å². The molecule has 0 aliphatic heterocycles. The number of carbonyl (C=O) groups is 1. The summed E-state index contributed by atoms with van der Waals surface area (Å²) in [7, 11) is 0. The average molecular weight is 417 g/mol. The third-order valence-corrected chi connectivity index (χ3v) is 5.38. The van der Waals surface area contributed by atoms with Crippen LogP contribution in [0.4, 0.5) is 5.69 Å². The van der Waals surface area contributed by atoms with Crippen molar-refractivity contribution in [2.75, 3.05) is 5.32 Å². The van der Waals surface area contributed by atoms with Gasteiger partial charge in [-0.3, -0.25) is 9.59 Å². The van der Waals surface area contributed by atoms with Crippen molar-refractivity contribution in [3.8, 4) is 0 Å². The van der Waals surface area contributed by atoms with E-state index in [9.17, 15) is 9.59 Å². The Kier molecular flexibility index (Phi) is 5.81. The molecule has 2 aromatic heterocycles. The first-order valence-electron chi connectivity index (χ1n) is 9.34. The number of fused-ring (bicyclic) bond motifs is 1. The number of amides is 1. The minimum Gasteiger partial charge on any atom is -0.375 e. The predicted molar refractivity (Wildman–Crippen MR) is 119 cm³/mol. The summed E-state index contributed by atoms with van der Waals surface area (Å²) in [5, 5.41) is 2.91. The molecule has 1 amide bonds. The number of aromatic nitrogens is 2. The van der Waals surface area contributed by atoms with Crippen LogP contribution in [-0.2, 0) is 10.5 Å². The minimum atomic E-state index is -0.253. The molecule has 4 aromatic rings. The minimum absolute atomic E-state index is 0.210. The van der Waals surface area contributed by atoms with Crippen LogP contribution in [0.3, 0.4) is 0 Å². The van der Waals surface area contributed by atoms with Gasteiger partial charge in [0.2, 0.25) is 5.91 Å². The summed E-state index contributed by atoms with van der Waals surface area (Å²) in [6.45, 7) is 1.77. The highest BCUT2D eigenvalue weighted by atomic mass is 32.2. The first-order chi connectivity index (χ1) is 14.6. The van der Waals surface area contributed by atoms with Gasteiger partial charge in [0.05, 0.1) is 11.4 Å². The van der Waals surface area contributed by atoms with Crippen molar-refractivity contribution < 1.29 is 9.32 Å². The Morgan fingerprint density at radius 2 is 1.90 bits per heavy atom. The molecular formula is C23H19N3O3S. The molecule has 7 heteroatoms. The number of para-hydroxylation sites is 1. The molecule has 6 nitrogen and oxygen atoms in total. The van der Waals surface area contributed by atoms with Crippen LogP contribution < -0.4 is 10.9 Å². The second-order valence-corrected chi connectivity index (χ2v) is 7.62. The Labute approximate surface area is 177 Å². The van der Waals surface area contributed by atoms with E-state index in [1.54, 1.807) is 19.1 Å². The lowest BCUT2D eigenvalue weighted by molar-refractivity contribution is -0.111. The topological polar surface area (TPSA) is 76.6 Å². The van der Waals surface area contributed by atoms with E-state index >= 15 is 0 Å². The number of nitrogens with one attached hydrogen (secondary N) is 1. The van der Waals surface area contributed by atoms with Gasteiger partial charge in [-0.25, -0.2) is 4.98 Å². The Hall–Kier alpha value is -3.58. The van der Waals surface area contributed by atoms with Gasteiger partial charge in [-0.2, -0.15) is 0 Å². The molecule has 30 heavy (non-hydrogen) atoms. The maximum absolute atomic E-state index is 12.3. The fourth-order valence-electron chi connectivity index (χ4n) is 2.91. The van der Waals surface area contributed by atoms with Crippen LogP contribution in [0.15, 0.2) is 87.0 Å². The van der Waals surface area contributed by atoms with Crippen LogP contribution >= 0.6 is 11.8 Å². The fraction of sp³-hybridized carbons (Fsp3) is 0.0870. The molecule has 0 fully saturated rings. The summed E-state index contributed by atoms with van der Waals surface area (Å²) < 4.78 is 6.49.